The van der Waals surface area contributed by atoms with Gasteiger partial charge in [0.25, 0.3) is 5.91 Å². The van der Waals surface area contributed by atoms with Gasteiger partial charge in [-0.05, 0) is 17.7 Å². The molecule has 24 heavy (non-hydrogen) atoms. The van der Waals surface area contributed by atoms with E-state index in [0.717, 1.165) is 5.56 Å². The molecule has 7 heteroatoms. The molecule has 1 aromatic carbocycles. The van der Waals surface area contributed by atoms with Crippen LogP contribution in [-0.2, 0) is 20.9 Å². The molecular weight excluding hydrogens is 330 g/mol. The van der Waals surface area contributed by atoms with Gasteiger partial charge in [0.1, 0.15) is 18.5 Å². The highest BCUT2D eigenvalue weighted by Gasteiger charge is 2.34. The number of hydrogen-bond donors (Lipinski definition) is 1. The van der Waals surface area contributed by atoms with Gasteiger partial charge in [0, 0.05) is 12.7 Å². The summed E-state index contributed by atoms with van der Waals surface area (Å²) in [5, 5.41) is 3.17. The molecule has 1 N–H and O–H groups in total. The van der Waals surface area contributed by atoms with E-state index in [0.29, 0.717) is 17.4 Å². The first-order chi connectivity index (χ1) is 11.6. The standard InChI is InChI=1S/C17H16ClN3O3/c18-13-6-7-15(19-8-13)20-17(23)14-10-24-11-16(22)21(14)9-12-4-2-1-3-5-12/h1-8,14H,9-11H2,(H,19,20,23)/t14-/m0/s1. The topological polar surface area (TPSA) is 71.5 Å². The van der Waals surface area contributed by atoms with Crippen LogP contribution >= 0.6 is 11.6 Å². The van der Waals surface area contributed by atoms with Crippen molar-refractivity contribution in [3.05, 3.63) is 59.2 Å². The Morgan fingerprint density at radius 1 is 1.29 bits per heavy atom. The first-order valence-electron chi connectivity index (χ1n) is 7.47. The lowest BCUT2D eigenvalue weighted by Gasteiger charge is -2.34. The van der Waals surface area contributed by atoms with Crippen LogP contribution in [0.25, 0.3) is 0 Å². The quantitative estimate of drug-likeness (QED) is 0.921. The number of pyridine rings is 1. The number of carbonyl (C=O) groups is 2. The third-order valence-corrected chi connectivity index (χ3v) is 3.90. The third kappa shape index (κ3) is 3.90. The molecule has 1 fully saturated rings. The van der Waals surface area contributed by atoms with Crippen molar-refractivity contribution >= 4 is 29.2 Å². The van der Waals surface area contributed by atoms with Gasteiger partial charge in [-0.1, -0.05) is 41.9 Å². The lowest BCUT2D eigenvalue weighted by Crippen LogP contribution is -2.54. The average molecular weight is 346 g/mol. The molecule has 0 radical (unpaired) electrons. The fraction of sp³-hybridized carbons (Fsp3) is 0.235. The van der Waals surface area contributed by atoms with Crippen molar-refractivity contribution in [1.29, 1.82) is 0 Å². The number of anilines is 1. The number of morpholine rings is 1. The van der Waals surface area contributed by atoms with E-state index in [1.54, 1.807) is 12.1 Å². The van der Waals surface area contributed by atoms with Crippen molar-refractivity contribution in [1.82, 2.24) is 9.88 Å². The number of aromatic nitrogens is 1. The Hall–Kier alpha value is -2.44. The second-order valence-corrected chi connectivity index (χ2v) is 5.83. The predicted octanol–water partition coefficient (Wildman–Crippen LogP) is 2.10. The number of amides is 2. The van der Waals surface area contributed by atoms with Crippen LogP contribution in [0.2, 0.25) is 5.02 Å². The summed E-state index contributed by atoms with van der Waals surface area (Å²) >= 11 is 5.78. The van der Waals surface area contributed by atoms with Crippen molar-refractivity contribution in [2.45, 2.75) is 12.6 Å². The van der Waals surface area contributed by atoms with Gasteiger partial charge >= 0.3 is 0 Å². The third-order valence-electron chi connectivity index (χ3n) is 3.67. The molecule has 0 unspecified atom stereocenters. The van der Waals surface area contributed by atoms with Crippen LogP contribution in [-0.4, -0.2) is 41.0 Å². The summed E-state index contributed by atoms with van der Waals surface area (Å²) in [7, 11) is 0. The van der Waals surface area contributed by atoms with E-state index in [4.69, 9.17) is 16.3 Å². The van der Waals surface area contributed by atoms with Crippen LogP contribution in [0.3, 0.4) is 0 Å². The number of nitrogens with zero attached hydrogens (tertiary/aromatic N) is 2. The molecule has 1 aliphatic rings. The van der Waals surface area contributed by atoms with Crippen LogP contribution in [0, 0.1) is 0 Å². The van der Waals surface area contributed by atoms with Gasteiger partial charge in [0.2, 0.25) is 5.91 Å². The molecule has 2 heterocycles. The highest BCUT2D eigenvalue weighted by atomic mass is 35.5. The summed E-state index contributed by atoms with van der Waals surface area (Å²) in [6.45, 7) is 0.489. The molecule has 3 rings (SSSR count). The zero-order valence-corrected chi connectivity index (χ0v) is 13.6. The van der Waals surface area contributed by atoms with E-state index >= 15 is 0 Å². The van der Waals surface area contributed by atoms with Gasteiger partial charge in [0.05, 0.1) is 11.6 Å². The molecule has 0 saturated carbocycles. The Kier molecular flexibility index (Phi) is 5.08. The number of rotatable bonds is 4. The summed E-state index contributed by atoms with van der Waals surface area (Å²) in [5.41, 5.74) is 0.954. The molecule has 1 aromatic heterocycles. The molecule has 2 amide bonds. The Balaban J connectivity index is 1.74. The molecule has 0 spiro atoms. The number of ether oxygens (including phenoxy) is 1. The Bertz CT molecular complexity index is 722. The summed E-state index contributed by atoms with van der Waals surface area (Å²) in [5.74, 6) is -0.176. The van der Waals surface area contributed by atoms with Crippen LogP contribution in [0.4, 0.5) is 5.82 Å². The van der Waals surface area contributed by atoms with Gasteiger partial charge in [0.15, 0.2) is 0 Å². The Morgan fingerprint density at radius 3 is 2.79 bits per heavy atom. The summed E-state index contributed by atoms with van der Waals surface area (Å²) in [6.07, 6.45) is 1.45. The molecule has 124 valence electrons. The lowest BCUT2D eigenvalue weighted by molar-refractivity contribution is -0.154. The van der Waals surface area contributed by atoms with Gasteiger partial charge < -0.3 is 15.0 Å². The number of benzene rings is 1. The zero-order chi connectivity index (χ0) is 16.9. The number of carbonyl (C=O) groups excluding carboxylic acids is 2. The van der Waals surface area contributed by atoms with Crippen LogP contribution in [0.5, 0.6) is 0 Å². The number of halogens is 1. The van der Waals surface area contributed by atoms with Crippen LogP contribution in [0.15, 0.2) is 48.7 Å². The highest BCUT2D eigenvalue weighted by Crippen LogP contribution is 2.16. The largest absolute Gasteiger partial charge is 0.369 e. The fourth-order valence-corrected chi connectivity index (χ4v) is 2.57. The van der Waals surface area contributed by atoms with Crippen LogP contribution < -0.4 is 5.32 Å². The maximum Gasteiger partial charge on any atom is 0.250 e. The minimum atomic E-state index is -0.705. The van der Waals surface area contributed by atoms with Crippen LogP contribution in [0.1, 0.15) is 5.56 Å². The molecule has 0 aliphatic carbocycles. The molecule has 1 saturated heterocycles. The molecule has 6 nitrogen and oxygen atoms in total. The Labute approximate surface area is 144 Å². The average Bonchev–Trinajstić information content (AvgIpc) is 2.59. The van der Waals surface area contributed by atoms with Crippen molar-refractivity contribution in [2.75, 3.05) is 18.5 Å². The Morgan fingerprint density at radius 2 is 2.08 bits per heavy atom. The molecule has 1 aliphatic heterocycles. The van der Waals surface area contributed by atoms with E-state index in [1.165, 1.54) is 11.1 Å². The summed E-state index contributed by atoms with van der Waals surface area (Å²) in [6, 6.07) is 12.1. The van der Waals surface area contributed by atoms with Crippen molar-refractivity contribution < 1.29 is 14.3 Å². The lowest BCUT2D eigenvalue weighted by atomic mass is 10.1. The highest BCUT2D eigenvalue weighted by molar-refractivity contribution is 6.30. The van der Waals surface area contributed by atoms with Gasteiger partial charge in [-0.2, -0.15) is 0 Å². The van der Waals surface area contributed by atoms with Gasteiger partial charge in [-0.15, -0.1) is 0 Å². The zero-order valence-electron chi connectivity index (χ0n) is 12.8. The van der Waals surface area contributed by atoms with E-state index in [2.05, 4.69) is 10.3 Å². The molecule has 1 atom stereocenters. The molecule has 2 aromatic rings. The van der Waals surface area contributed by atoms with Crippen molar-refractivity contribution in [3.8, 4) is 0 Å². The van der Waals surface area contributed by atoms with Gasteiger partial charge in [-0.25, -0.2) is 4.98 Å². The van der Waals surface area contributed by atoms with E-state index in [-0.39, 0.29) is 25.0 Å². The minimum Gasteiger partial charge on any atom is -0.369 e. The van der Waals surface area contributed by atoms with E-state index < -0.39 is 6.04 Å². The van der Waals surface area contributed by atoms with E-state index in [9.17, 15) is 9.59 Å². The SMILES string of the molecule is O=C(Nc1ccc(Cl)cn1)[C@@H]1COCC(=O)N1Cc1ccccc1. The smallest absolute Gasteiger partial charge is 0.250 e. The first-order valence-corrected chi connectivity index (χ1v) is 7.85. The maximum atomic E-state index is 12.5. The monoisotopic (exact) mass is 345 g/mol. The van der Waals surface area contributed by atoms with Crippen molar-refractivity contribution in [3.63, 3.8) is 0 Å². The first kappa shape index (κ1) is 16.4. The fourth-order valence-electron chi connectivity index (χ4n) is 2.46. The molecular formula is C17H16ClN3O3. The summed E-state index contributed by atoms with van der Waals surface area (Å²) in [4.78, 5) is 30.3. The van der Waals surface area contributed by atoms with Crippen molar-refractivity contribution in [2.24, 2.45) is 0 Å². The normalized spacial score (nSPS) is 17.6. The van der Waals surface area contributed by atoms with E-state index in [1.807, 2.05) is 30.3 Å². The maximum absolute atomic E-state index is 12.5. The predicted molar refractivity (Wildman–Crippen MR) is 89.5 cm³/mol. The summed E-state index contributed by atoms with van der Waals surface area (Å²) < 4.78 is 5.25. The van der Waals surface area contributed by atoms with Gasteiger partial charge in [-0.3, -0.25) is 9.59 Å². The second-order valence-electron chi connectivity index (χ2n) is 5.39. The minimum absolute atomic E-state index is 0.0180. The number of nitrogens with one attached hydrogen (secondary N) is 1. The molecule has 0 bridgehead atoms. The second kappa shape index (κ2) is 7.42. The number of hydrogen-bond acceptors (Lipinski definition) is 4.